The lowest BCUT2D eigenvalue weighted by atomic mass is 10.2. The van der Waals surface area contributed by atoms with Crippen LogP contribution in [0.25, 0.3) is 0 Å². The number of carbonyl (C=O) groups is 1. The smallest absolute Gasteiger partial charge is 0.267 e. The predicted molar refractivity (Wildman–Crippen MR) is 65.5 cm³/mol. The molecule has 88 valence electrons. The van der Waals surface area contributed by atoms with E-state index in [1.54, 1.807) is 24.7 Å². The van der Waals surface area contributed by atoms with E-state index in [1.165, 1.54) is 0 Å². The van der Waals surface area contributed by atoms with Crippen LogP contribution in [0.3, 0.4) is 0 Å². The summed E-state index contributed by atoms with van der Waals surface area (Å²) in [5, 5.41) is 0. The van der Waals surface area contributed by atoms with Crippen LogP contribution in [0.5, 0.6) is 0 Å². The number of aryl methyl sites for hydroxylation is 2. The van der Waals surface area contributed by atoms with E-state index in [4.69, 9.17) is 0 Å². The molecule has 0 aliphatic carbocycles. The van der Waals surface area contributed by atoms with Crippen LogP contribution in [-0.4, -0.2) is 15.3 Å². The van der Waals surface area contributed by atoms with Crippen molar-refractivity contribution in [3.05, 3.63) is 26.8 Å². The first kappa shape index (κ1) is 13.1. The summed E-state index contributed by atoms with van der Waals surface area (Å²) in [6.45, 7) is 3.97. The van der Waals surface area contributed by atoms with Gasteiger partial charge >= 0.3 is 0 Å². The highest BCUT2D eigenvalue weighted by molar-refractivity contribution is 9.10. The van der Waals surface area contributed by atoms with E-state index in [1.807, 2.05) is 0 Å². The number of ketones is 1. The quantitative estimate of drug-likeness (QED) is 0.779. The van der Waals surface area contributed by atoms with E-state index >= 15 is 0 Å². The lowest BCUT2D eigenvalue weighted by molar-refractivity contribution is -0.117. The normalized spacial score (nSPS) is 10.4. The Hall–Kier alpha value is -0.970. The van der Waals surface area contributed by atoms with Gasteiger partial charge in [0.2, 0.25) is 0 Å². The molecule has 0 N–H and O–H groups in total. The topological polar surface area (TPSA) is 52.0 Å². The van der Waals surface area contributed by atoms with Gasteiger partial charge in [0.05, 0.1) is 12.0 Å². The second-order valence-corrected chi connectivity index (χ2v) is 4.59. The van der Waals surface area contributed by atoms with Gasteiger partial charge in [-0.25, -0.2) is 4.98 Å². The number of hydrogen-bond donors (Lipinski definition) is 0. The molecule has 0 radical (unpaired) electrons. The number of aromatic nitrogens is 2. The minimum Gasteiger partial charge on any atom is -0.300 e. The van der Waals surface area contributed by atoms with Crippen LogP contribution in [0.1, 0.15) is 31.9 Å². The van der Waals surface area contributed by atoms with Gasteiger partial charge in [0.1, 0.15) is 10.3 Å². The van der Waals surface area contributed by atoms with Gasteiger partial charge in [0.25, 0.3) is 5.56 Å². The van der Waals surface area contributed by atoms with Crippen LogP contribution >= 0.6 is 15.9 Å². The van der Waals surface area contributed by atoms with E-state index < -0.39 is 0 Å². The Morgan fingerprint density at radius 3 is 2.81 bits per heavy atom. The number of nitrogens with zero attached hydrogens (tertiary/aromatic N) is 2. The molecule has 1 aromatic heterocycles. The number of Topliss-reactive ketones (excluding diaryl/α,β-unsaturated/α-hetero) is 1. The van der Waals surface area contributed by atoms with Crippen LogP contribution < -0.4 is 5.56 Å². The van der Waals surface area contributed by atoms with Gasteiger partial charge in [-0.3, -0.25) is 9.36 Å². The summed E-state index contributed by atoms with van der Waals surface area (Å²) >= 11 is 3.21. The van der Waals surface area contributed by atoms with Crippen molar-refractivity contribution < 1.29 is 4.79 Å². The third kappa shape index (κ3) is 3.56. The van der Waals surface area contributed by atoms with Crippen molar-refractivity contribution in [1.82, 2.24) is 9.55 Å². The highest BCUT2D eigenvalue weighted by Gasteiger charge is 2.04. The zero-order valence-corrected chi connectivity index (χ0v) is 11.1. The van der Waals surface area contributed by atoms with Gasteiger partial charge in [-0.2, -0.15) is 0 Å². The molecule has 16 heavy (non-hydrogen) atoms. The first-order chi connectivity index (χ1) is 7.52. The Kier molecular flexibility index (Phi) is 4.86. The molecule has 0 aromatic carbocycles. The van der Waals surface area contributed by atoms with Crippen molar-refractivity contribution in [3.63, 3.8) is 0 Å². The van der Waals surface area contributed by atoms with Crippen molar-refractivity contribution >= 4 is 21.7 Å². The summed E-state index contributed by atoms with van der Waals surface area (Å²) in [6.07, 6.45) is 3.76. The molecule has 1 heterocycles. The van der Waals surface area contributed by atoms with Crippen molar-refractivity contribution in [1.29, 1.82) is 0 Å². The van der Waals surface area contributed by atoms with Crippen LogP contribution in [0.4, 0.5) is 0 Å². The lowest BCUT2D eigenvalue weighted by Crippen LogP contribution is -2.22. The molecule has 0 aliphatic heterocycles. The van der Waals surface area contributed by atoms with Crippen molar-refractivity contribution in [3.8, 4) is 0 Å². The summed E-state index contributed by atoms with van der Waals surface area (Å²) in [5.74, 6) is 0.190. The molecule has 0 saturated carbocycles. The number of halogens is 1. The molecule has 4 nitrogen and oxygen atoms in total. The van der Waals surface area contributed by atoms with Crippen LogP contribution in [-0.2, 0) is 11.3 Å². The van der Waals surface area contributed by atoms with Crippen LogP contribution in [0.15, 0.2) is 15.6 Å². The predicted octanol–water partition coefficient (Wildman–Crippen LogP) is 2.07. The highest BCUT2D eigenvalue weighted by atomic mass is 79.9. The first-order valence-corrected chi connectivity index (χ1v) is 6.02. The molecule has 1 aromatic rings. The van der Waals surface area contributed by atoms with Gasteiger partial charge in [-0.05, 0) is 42.6 Å². The van der Waals surface area contributed by atoms with Crippen molar-refractivity contribution in [2.45, 2.75) is 39.7 Å². The lowest BCUT2D eigenvalue weighted by Gasteiger charge is -2.06. The van der Waals surface area contributed by atoms with Gasteiger partial charge in [0.15, 0.2) is 0 Å². The molecule has 1 rings (SSSR count). The fourth-order valence-electron chi connectivity index (χ4n) is 1.36. The Labute approximate surface area is 103 Å². The summed E-state index contributed by atoms with van der Waals surface area (Å²) < 4.78 is 2.08. The standard InChI is InChI=1S/C11H15BrN2O2/c1-8(15)5-3-4-6-14-7-13-9(2)10(12)11(14)16/h7H,3-6H2,1-2H3. The number of hydrogen-bond acceptors (Lipinski definition) is 3. The minimum atomic E-state index is -0.0599. The van der Waals surface area contributed by atoms with E-state index in [0.29, 0.717) is 23.1 Å². The first-order valence-electron chi connectivity index (χ1n) is 5.23. The van der Waals surface area contributed by atoms with E-state index in [0.717, 1.165) is 12.8 Å². The highest BCUT2D eigenvalue weighted by Crippen LogP contribution is 2.06. The van der Waals surface area contributed by atoms with Crippen molar-refractivity contribution in [2.24, 2.45) is 0 Å². The average Bonchev–Trinajstić information content (AvgIpc) is 2.23. The number of carbonyl (C=O) groups excluding carboxylic acids is 1. The van der Waals surface area contributed by atoms with Gasteiger partial charge < -0.3 is 4.79 Å². The van der Waals surface area contributed by atoms with Crippen LogP contribution in [0.2, 0.25) is 0 Å². The maximum atomic E-state index is 11.7. The molecular formula is C11H15BrN2O2. The minimum absolute atomic E-state index is 0.0599. The SMILES string of the molecule is CC(=O)CCCCn1cnc(C)c(Br)c1=O. The summed E-state index contributed by atoms with van der Waals surface area (Å²) in [4.78, 5) is 26.6. The van der Waals surface area contributed by atoms with Crippen molar-refractivity contribution in [2.75, 3.05) is 0 Å². The Morgan fingerprint density at radius 1 is 1.50 bits per heavy atom. The fraction of sp³-hybridized carbons (Fsp3) is 0.545. The molecule has 0 unspecified atom stereocenters. The molecule has 0 amide bonds. The fourth-order valence-corrected chi connectivity index (χ4v) is 1.69. The second-order valence-electron chi connectivity index (χ2n) is 3.80. The molecule has 0 bridgehead atoms. The van der Waals surface area contributed by atoms with E-state index in [2.05, 4.69) is 20.9 Å². The monoisotopic (exact) mass is 286 g/mol. The van der Waals surface area contributed by atoms with Gasteiger partial charge in [-0.1, -0.05) is 0 Å². The maximum absolute atomic E-state index is 11.7. The molecule has 0 saturated heterocycles. The third-order valence-electron chi connectivity index (χ3n) is 2.33. The molecule has 0 aliphatic rings. The third-order valence-corrected chi connectivity index (χ3v) is 3.25. The van der Waals surface area contributed by atoms with Gasteiger partial charge in [0, 0.05) is 13.0 Å². The molecular weight excluding hydrogens is 272 g/mol. The molecule has 0 atom stereocenters. The molecule has 0 fully saturated rings. The largest absolute Gasteiger partial charge is 0.300 e. The van der Waals surface area contributed by atoms with E-state index in [-0.39, 0.29) is 11.3 Å². The van der Waals surface area contributed by atoms with E-state index in [9.17, 15) is 9.59 Å². The Balaban J connectivity index is 2.58. The summed E-state index contributed by atoms with van der Waals surface area (Å²) in [6, 6.07) is 0. The average molecular weight is 287 g/mol. The Bertz CT molecular complexity index is 440. The molecule has 0 spiro atoms. The molecule has 5 heteroatoms. The van der Waals surface area contributed by atoms with Gasteiger partial charge in [-0.15, -0.1) is 0 Å². The Morgan fingerprint density at radius 2 is 2.19 bits per heavy atom. The summed E-state index contributed by atoms with van der Waals surface area (Å²) in [7, 11) is 0. The number of rotatable bonds is 5. The number of unbranched alkanes of at least 4 members (excludes halogenated alkanes) is 1. The zero-order valence-electron chi connectivity index (χ0n) is 9.49. The second kappa shape index (κ2) is 5.94. The zero-order chi connectivity index (χ0) is 12.1. The summed E-state index contributed by atoms with van der Waals surface area (Å²) in [5.41, 5.74) is 0.639. The van der Waals surface area contributed by atoms with Crippen LogP contribution in [0, 0.1) is 6.92 Å². The maximum Gasteiger partial charge on any atom is 0.267 e.